The van der Waals surface area contributed by atoms with Crippen LogP contribution in [0.25, 0.3) is 0 Å². The van der Waals surface area contributed by atoms with Gasteiger partial charge in [-0.15, -0.1) is 0 Å². The first-order valence-corrected chi connectivity index (χ1v) is 8.53. The van der Waals surface area contributed by atoms with Crippen molar-refractivity contribution in [3.63, 3.8) is 0 Å². The molecule has 7 heteroatoms. The second-order valence-corrected chi connectivity index (χ2v) is 7.16. The van der Waals surface area contributed by atoms with E-state index in [4.69, 9.17) is 9.15 Å². The molecular weight excluding hydrogens is 358 g/mol. The predicted molar refractivity (Wildman–Crippen MR) is 82.9 cm³/mol. The lowest BCUT2D eigenvalue weighted by Gasteiger charge is -2.13. The zero-order valence-electron chi connectivity index (χ0n) is 11.9. The Balaban J connectivity index is 2.24. The summed E-state index contributed by atoms with van der Waals surface area (Å²) in [6, 6.07) is 7.69. The standard InChI is InChI=1S/C14H16BrNO4S/c1-9-4-6-13(20-9)10(2)16-21(17,18)11-5-7-14(19-3)12(15)8-11/h4-8,10,16H,1-3H3/t10-/m1/s1. The number of aryl methyl sites for hydroxylation is 1. The van der Waals surface area contributed by atoms with Gasteiger partial charge in [-0.2, -0.15) is 0 Å². The van der Waals surface area contributed by atoms with E-state index < -0.39 is 16.1 Å². The number of methoxy groups -OCH3 is 1. The third kappa shape index (κ3) is 3.66. The number of benzene rings is 1. The molecule has 0 fully saturated rings. The molecule has 0 bridgehead atoms. The summed E-state index contributed by atoms with van der Waals surface area (Å²) < 4.78 is 38.4. The van der Waals surface area contributed by atoms with Crippen LogP contribution in [0, 0.1) is 6.92 Å². The maximum atomic E-state index is 12.4. The fraction of sp³-hybridized carbons (Fsp3) is 0.286. The maximum Gasteiger partial charge on any atom is 0.241 e. The summed E-state index contributed by atoms with van der Waals surface area (Å²) in [4.78, 5) is 0.158. The molecule has 0 radical (unpaired) electrons. The molecule has 1 N–H and O–H groups in total. The van der Waals surface area contributed by atoms with E-state index in [0.29, 0.717) is 16.0 Å². The van der Waals surface area contributed by atoms with Gasteiger partial charge >= 0.3 is 0 Å². The van der Waals surface area contributed by atoms with Crippen LogP contribution in [-0.2, 0) is 10.0 Å². The van der Waals surface area contributed by atoms with Crippen LogP contribution < -0.4 is 9.46 Å². The third-order valence-corrected chi connectivity index (χ3v) is 5.11. The van der Waals surface area contributed by atoms with Crippen LogP contribution in [-0.4, -0.2) is 15.5 Å². The minimum Gasteiger partial charge on any atom is -0.496 e. The van der Waals surface area contributed by atoms with Crippen LogP contribution in [0.3, 0.4) is 0 Å². The number of furan rings is 1. The molecule has 5 nitrogen and oxygen atoms in total. The Labute approximate surface area is 132 Å². The normalized spacial score (nSPS) is 13.1. The monoisotopic (exact) mass is 373 g/mol. The summed E-state index contributed by atoms with van der Waals surface area (Å²) in [6.45, 7) is 3.54. The number of hydrogen-bond acceptors (Lipinski definition) is 4. The molecule has 0 aliphatic carbocycles. The molecule has 0 unspecified atom stereocenters. The molecule has 0 amide bonds. The fourth-order valence-corrected chi connectivity index (χ4v) is 3.79. The van der Waals surface area contributed by atoms with Crippen LogP contribution in [0.5, 0.6) is 5.75 Å². The first-order valence-electron chi connectivity index (χ1n) is 6.25. The first kappa shape index (κ1) is 16.1. The van der Waals surface area contributed by atoms with Crippen molar-refractivity contribution in [1.82, 2.24) is 4.72 Å². The summed E-state index contributed by atoms with van der Waals surface area (Å²) in [7, 11) is -2.12. The second-order valence-electron chi connectivity index (χ2n) is 4.59. The van der Waals surface area contributed by atoms with Crippen LogP contribution in [0.2, 0.25) is 0 Å². The molecule has 0 aliphatic rings. The highest BCUT2D eigenvalue weighted by Gasteiger charge is 2.21. The van der Waals surface area contributed by atoms with Gasteiger partial charge in [0.25, 0.3) is 0 Å². The van der Waals surface area contributed by atoms with E-state index in [1.54, 1.807) is 25.1 Å². The molecule has 21 heavy (non-hydrogen) atoms. The summed E-state index contributed by atoms with van der Waals surface area (Å²) in [5, 5.41) is 0. The topological polar surface area (TPSA) is 68.5 Å². The van der Waals surface area contributed by atoms with Crippen molar-refractivity contribution < 1.29 is 17.6 Å². The van der Waals surface area contributed by atoms with Gasteiger partial charge in [0, 0.05) is 0 Å². The number of nitrogens with one attached hydrogen (secondary N) is 1. The summed E-state index contributed by atoms with van der Waals surface area (Å²) in [6.07, 6.45) is 0. The Morgan fingerprint density at radius 3 is 2.52 bits per heavy atom. The van der Waals surface area contributed by atoms with Crippen LogP contribution in [0.15, 0.2) is 44.1 Å². The SMILES string of the molecule is COc1ccc(S(=O)(=O)N[C@H](C)c2ccc(C)o2)cc1Br. The molecule has 1 aromatic heterocycles. The van der Waals surface area contributed by atoms with Crippen molar-refractivity contribution in [2.75, 3.05) is 7.11 Å². The van der Waals surface area contributed by atoms with Crippen molar-refractivity contribution in [3.05, 3.63) is 46.3 Å². The van der Waals surface area contributed by atoms with Gasteiger partial charge in [0.2, 0.25) is 10.0 Å². The van der Waals surface area contributed by atoms with E-state index in [1.165, 1.54) is 19.2 Å². The van der Waals surface area contributed by atoms with Gasteiger partial charge in [0.1, 0.15) is 17.3 Å². The number of hydrogen-bond donors (Lipinski definition) is 1. The molecular formula is C14H16BrNO4S. The maximum absolute atomic E-state index is 12.4. The average Bonchev–Trinajstić information content (AvgIpc) is 2.85. The Hall–Kier alpha value is -1.31. The predicted octanol–water partition coefficient (Wildman–Crippen LogP) is 3.40. The molecule has 0 aliphatic heterocycles. The highest BCUT2D eigenvalue weighted by atomic mass is 79.9. The van der Waals surface area contributed by atoms with E-state index in [9.17, 15) is 8.42 Å². The third-order valence-electron chi connectivity index (χ3n) is 2.95. The zero-order valence-corrected chi connectivity index (χ0v) is 14.3. The lowest BCUT2D eigenvalue weighted by Crippen LogP contribution is -2.26. The van der Waals surface area contributed by atoms with Crippen molar-refractivity contribution in [3.8, 4) is 5.75 Å². The molecule has 0 saturated carbocycles. The van der Waals surface area contributed by atoms with Gasteiger partial charge in [0.15, 0.2) is 0 Å². The smallest absolute Gasteiger partial charge is 0.241 e. The van der Waals surface area contributed by atoms with E-state index >= 15 is 0 Å². The van der Waals surface area contributed by atoms with E-state index in [0.717, 1.165) is 5.76 Å². The number of ether oxygens (including phenoxy) is 1. The Bertz CT molecular complexity index is 739. The van der Waals surface area contributed by atoms with E-state index in [1.807, 2.05) is 6.92 Å². The van der Waals surface area contributed by atoms with Gasteiger partial charge in [0.05, 0.1) is 22.5 Å². The van der Waals surface area contributed by atoms with Crippen LogP contribution in [0.4, 0.5) is 0 Å². The molecule has 0 saturated heterocycles. The molecule has 1 atom stereocenters. The van der Waals surface area contributed by atoms with Gasteiger partial charge in [-0.05, 0) is 60.1 Å². The van der Waals surface area contributed by atoms with Crippen LogP contribution in [0.1, 0.15) is 24.5 Å². The van der Waals surface area contributed by atoms with E-state index in [-0.39, 0.29) is 4.90 Å². The van der Waals surface area contributed by atoms with Crippen molar-refractivity contribution >= 4 is 26.0 Å². The minimum absolute atomic E-state index is 0.158. The Morgan fingerprint density at radius 2 is 2.00 bits per heavy atom. The Kier molecular flexibility index (Phi) is 4.75. The zero-order chi connectivity index (χ0) is 15.6. The number of rotatable bonds is 5. The first-order chi connectivity index (χ1) is 9.83. The molecule has 1 aromatic carbocycles. The van der Waals surface area contributed by atoms with Crippen molar-refractivity contribution in [1.29, 1.82) is 0 Å². The van der Waals surface area contributed by atoms with E-state index in [2.05, 4.69) is 20.7 Å². The number of sulfonamides is 1. The van der Waals surface area contributed by atoms with Gasteiger partial charge in [-0.25, -0.2) is 13.1 Å². The number of halogens is 1. The summed E-state index contributed by atoms with van der Waals surface area (Å²) >= 11 is 3.28. The molecule has 2 rings (SSSR count). The summed E-state index contributed by atoms with van der Waals surface area (Å²) in [5.41, 5.74) is 0. The average molecular weight is 374 g/mol. The highest BCUT2D eigenvalue weighted by molar-refractivity contribution is 9.10. The quantitative estimate of drug-likeness (QED) is 0.871. The van der Waals surface area contributed by atoms with Gasteiger partial charge in [-0.3, -0.25) is 0 Å². The lowest BCUT2D eigenvalue weighted by atomic mass is 10.3. The molecule has 1 heterocycles. The fourth-order valence-electron chi connectivity index (χ4n) is 1.86. The van der Waals surface area contributed by atoms with Crippen molar-refractivity contribution in [2.24, 2.45) is 0 Å². The van der Waals surface area contributed by atoms with Gasteiger partial charge in [-0.1, -0.05) is 0 Å². The molecule has 114 valence electrons. The second kappa shape index (κ2) is 6.21. The van der Waals surface area contributed by atoms with Crippen molar-refractivity contribution in [2.45, 2.75) is 24.8 Å². The van der Waals surface area contributed by atoms with Crippen LogP contribution >= 0.6 is 15.9 Å². The molecule has 2 aromatic rings. The largest absolute Gasteiger partial charge is 0.496 e. The summed E-state index contributed by atoms with van der Waals surface area (Å²) in [5.74, 6) is 1.88. The minimum atomic E-state index is -3.64. The lowest BCUT2D eigenvalue weighted by molar-refractivity contribution is 0.411. The Morgan fingerprint density at radius 1 is 1.29 bits per heavy atom. The molecule has 0 spiro atoms. The van der Waals surface area contributed by atoms with Gasteiger partial charge < -0.3 is 9.15 Å². The highest BCUT2D eigenvalue weighted by Crippen LogP contribution is 2.28.